The van der Waals surface area contributed by atoms with Crippen molar-refractivity contribution in [1.82, 2.24) is 10.2 Å². The Morgan fingerprint density at radius 3 is 2.81 bits per heavy atom. The van der Waals surface area contributed by atoms with Gasteiger partial charge in [-0.1, -0.05) is 0 Å². The summed E-state index contributed by atoms with van der Waals surface area (Å²) in [7, 11) is 0. The van der Waals surface area contributed by atoms with E-state index >= 15 is 0 Å². The summed E-state index contributed by atoms with van der Waals surface area (Å²) in [6.07, 6.45) is 2.23. The zero-order valence-electron chi connectivity index (χ0n) is 15.1. The minimum absolute atomic E-state index is 0.0499. The van der Waals surface area contributed by atoms with Crippen molar-refractivity contribution in [2.45, 2.75) is 37.1 Å². The van der Waals surface area contributed by atoms with Gasteiger partial charge in [-0.25, -0.2) is 4.39 Å². The average molecular weight is 407 g/mol. The van der Waals surface area contributed by atoms with Gasteiger partial charge in [-0.2, -0.15) is 0 Å². The predicted molar refractivity (Wildman–Crippen MR) is 107 cm³/mol. The first kappa shape index (κ1) is 19.9. The molecule has 7 heteroatoms. The van der Waals surface area contributed by atoms with E-state index in [2.05, 4.69) is 16.8 Å². The molecule has 3 rings (SSSR count). The zero-order chi connectivity index (χ0) is 19.1. The fourth-order valence-corrected chi connectivity index (χ4v) is 4.69. The summed E-state index contributed by atoms with van der Waals surface area (Å²) in [4.78, 5) is 28.5. The van der Waals surface area contributed by atoms with Crippen LogP contribution in [0.4, 0.5) is 4.39 Å². The molecule has 0 aliphatic carbocycles. The molecule has 4 nitrogen and oxygen atoms in total. The molecule has 0 radical (unpaired) electrons. The number of nitrogens with one attached hydrogen (secondary N) is 1. The van der Waals surface area contributed by atoms with Gasteiger partial charge in [-0.15, -0.1) is 23.1 Å². The number of thioether (sulfide) groups is 1. The van der Waals surface area contributed by atoms with E-state index in [-0.39, 0.29) is 30.5 Å². The van der Waals surface area contributed by atoms with E-state index in [1.807, 2.05) is 4.90 Å². The molecule has 2 amide bonds. The number of carbonyl (C=O) groups is 2. The Morgan fingerprint density at radius 2 is 2.00 bits per heavy atom. The molecular weight excluding hydrogens is 383 g/mol. The van der Waals surface area contributed by atoms with Crippen LogP contribution in [0.15, 0.2) is 40.6 Å². The Kier molecular flexibility index (Phi) is 7.29. The average Bonchev–Trinajstić information content (AvgIpc) is 3.15. The van der Waals surface area contributed by atoms with Crippen molar-refractivity contribution in [2.24, 2.45) is 0 Å². The number of hydrogen-bond acceptors (Lipinski definition) is 4. The predicted octanol–water partition coefficient (Wildman–Crippen LogP) is 3.85. The molecule has 1 aromatic carbocycles. The topological polar surface area (TPSA) is 49.4 Å². The molecular formula is C20H23FN2O2S2. The Bertz CT molecular complexity index is 777. The normalized spacial score (nSPS) is 13.3. The third kappa shape index (κ3) is 6.07. The molecule has 0 atom stereocenters. The molecule has 1 aliphatic heterocycles. The Labute approximate surface area is 167 Å². The van der Waals surface area contributed by atoms with Crippen molar-refractivity contribution >= 4 is 34.9 Å². The Hall–Kier alpha value is -1.86. The van der Waals surface area contributed by atoms with E-state index < -0.39 is 0 Å². The van der Waals surface area contributed by atoms with Crippen molar-refractivity contribution in [2.75, 3.05) is 18.8 Å². The molecule has 2 aromatic rings. The summed E-state index contributed by atoms with van der Waals surface area (Å²) in [6.45, 7) is 2.00. The smallest absolute Gasteiger partial charge is 0.223 e. The lowest BCUT2D eigenvalue weighted by Gasteiger charge is -2.27. The SMILES string of the molecule is O=C(CCC(=O)N1CCc2sccc2C1)NCCCSc1ccc(F)cc1. The summed E-state index contributed by atoms with van der Waals surface area (Å²) in [5.41, 5.74) is 1.24. The second kappa shape index (κ2) is 9.90. The second-order valence-electron chi connectivity index (χ2n) is 6.44. The molecule has 144 valence electrons. The fourth-order valence-electron chi connectivity index (χ4n) is 2.95. The first-order chi connectivity index (χ1) is 13.1. The highest BCUT2D eigenvalue weighted by Crippen LogP contribution is 2.24. The zero-order valence-corrected chi connectivity index (χ0v) is 16.7. The van der Waals surface area contributed by atoms with Gasteiger partial charge < -0.3 is 10.2 Å². The van der Waals surface area contributed by atoms with Crippen LogP contribution in [0, 0.1) is 5.82 Å². The van der Waals surface area contributed by atoms with Gasteiger partial charge in [0.25, 0.3) is 0 Å². The lowest BCUT2D eigenvalue weighted by atomic mass is 10.1. The fraction of sp³-hybridized carbons (Fsp3) is 0.400. The molecule has 1 N–H and O–H groups in total. The van der Waals surface area contributed by atoms with Gasteiger partial charge in [0, 0.05) is 42.2 Å². The second-order valence-corrected chi connectivity index (χ2v) is 8.61. The van der Waals surface area contributed by atoms with Crippen molar-refractivity contribution in [3.05, 3.63) is 52.0 Å². The molecule has 27 heavy (non-hydrogen) atoms. The number of thiophene rings is 1. The van der Waals surface area contributed by atoms with Gasteiger partial charge in [-0.3, -0.25) is 9.59 Å². The number of nitrogens with zero attached hydrogens (tertiary/aromatic N) is 1. The number of rotatable bonds is 8. The van der Waals surface area contributed by atoms with Crippen LogP contribution in [0.3, 0.4) is 0 Å². The van der Waals surface area contributed by atoms with Crippen molar-refractivity contribution < 1.29 is 14.0 Å². The molecule has 0 spiro atoms. The van der Waals surface area contributed by atoms with E-state index in [4.69, 9.17) is 0 Å². The largest absolute Gasteiger partial charge is 0.356 e. The highest BCUT2D eigenvalue weighted by atomic mass is 32.2. The van der Waals surface area contributed by atoms with Crippen LogP contribution in [0.5, 0.6) is 0 Å². The standard InChI is InChI=1S/C20H23FN2O2S2/c21-16-2-4-17(5-3-16)26-12-1-10-22-19(24)6-7-20(25)23-11-8-18-15(14-23)9-13-27-18/h2-5,9,13H,1,6-8,10-12,14H2,(H,22,24). The molecule has 0 saturated carbocycles. The number of hydrogen-bond donors (Lipinski definition) is 1. The number of halogens is 1. The van der Waals surface area contributed by atoms with Crippen molar-refractivity contribution in [3.63, 3.8) is 0 Å². The first-order valence-corrected chi connectivity index (χ1v) is 11.0. The van der Waals surface area contributed by atoms with Gasteiger partial charge in [0.15, 0.2) is 0 Å². The van der Waals surface area contributed by atoms with E-state index in [1.165, 1.54) is 22.6 Å². The summed E-state index contributed by atoms with van der Waals surface area (Å²) < 4.78 is 12.8. The van der Waals surface area contributed by atoms with Crippen LogP contribution < -0.4 is 5.32 Å². The molecule has 0 fully saturated rings. The molecule has 0 bridgehead atoms. The van der Waals surface area contributed by atoms with Gasteiger partial charge in [0.05, 0.1) is 0 Å². The van der Waals surface area contributed by atoms with Crippen LogP contribution >= 0.6 is 23.1 Å². The maximum absolute atomic E-state index is 12.8. The first-order valence-electron chi connectivity index (χ1n) is 9.10. The van der Waals surface area contributed by atoms with Crippen LogP contribution in [-0.2, 0) is 22.6 Å². The summed E-state index contributed by atoms with van der Waals surface area (Å²) in [6, 6.07) is 8.48. The summed E-state index contributed by atoms with van der Waals surface area (Å²) in [5.74, 6) is 0.584. The van der Waals surface area contributed by atoms with Crippen LogP contribution in [0.2, 0.25) is 0 Å². The van der Waals surface area contributed by atoms with E-state index in [0.717, 1.165) is 30.0 Å². The van der Waals surface area contributed by atoms with Crippen molar-refractivity contribution in [3.8, 4) is 0 Å². The van der Waals surface area contributed by atoms with Gasteiger partial charge in [0.2, 0.25) is 11.8 Å². The van der Waals surface area contributed by atoms with Gasteiger partial charge in [-0.05, 0) is 59.9 Å². The number of fused-ring (bicyclic) bond motifs is 1. The van der Waals surface area contributed by atoms with Crippen LogP contribution in [0.25, 0.3) is 0 Å². The number of amides is 2. The molecule has 2 heterocycles. The molecule has 0 unspecified atom stereocenters. The maximum Gasteiger partial charge on any atom is 0.223 e. The highest BCUT2D eigenvalue weighted by Gasteiger charge is 2.21. The number of carbonyl (C=O) groups excluding carboxylic acids is 2. The van der Waals surface area contributed by atoms with E-state index in [0.29, 0.717) is 13.1 Å². The number of benzene rings is 1. The quantitative estimate of drug-likeness (QED) is 0.535. The van der Waals surface area contributed by atoms with Gasteiger partial charge in [0.1, 0.15) is 5.82 Å². The van der Waals surface area contributed by atoms with Crippen LogP contribution in [0.1, 0.15) is 29.7 Å². The molecule has 1 aliphatic rings. The Balaban J connectivity index is 1.27. The maximum atomic E-state index is 12.8. The highest BCUT2D eigenvalue weighted by molar-refractivity contribution is 7.99. The molecule has 1 aromatic heterocycles. The minimum Gasteiger partial charge on any atom is -0.356 e. The van der Waals surface area contributed by atoms with Gasteiger partial charge >= 0.3 is 0 Å². The monoisotopic (exact) mass is 406 g/mol. The van der Waals surface area contributed by atoms with E-state index in [9.17, 15) is 14.0 Å². The summed E-state index contributed by atoms with van der Waals surface area (Å²) in [5, 5.41) is 4.94. The Morgan fingerprint density at radius 1 is 1.19 bits per heavy atom. The third-order valence-corrected chi connectivity index (χ3v) is 6.57. The lowest BCUT2D eigenvalue weighted by molar-refractivity contribution is -0.134. The van der Waals surface area contributed by atoms with Crippen molar-refractivity contribution in [1.29, 1.82) is 0 Å². The lowest BCUT2D eigenvalue weighted by Crippen LogP contribution is -2.36. The molecule has 0 saturated heterocycles. The van der Waals surface area contributed by atoms with Crippen LogP contribution in [-0.4, -0.2) is 35.6 Å². The van der Waals surface area contributed by atoms with E-state index in [1.54, 1.807) is 35.2 Å². The minimum atomic E-state index is -0.235. The summed E-state index contributed by atoms with van der Waals surface area (Å²) >= 11 is 3.38. The third-order valence-electron chi connectivity index (χ3n) is 4.45.